The number of amides is 1. The summed E-state index contributed by atoms with van der Waals surface area (Å²) in [7, 11) is 0. The van der Waals surface area contributed by atoms with Crippen LogP contribution in [0.15, 0.2) is 6.33 Å². The van der Waals surface area contributed by atoms with Crippen LogP contribution in [0, 0.1) is 7.40 Å². The first-order chi connectivity index (χ1) is 6.52. The molecule has 1 unspecified atom stereocenters. The Morgan fingerprint density at radius 3 is 2.71 bits per heavy atom. The molecule has 0 aromatic carbocycles. The van der Waals surface area contributed by atoms with E-state index in [-0.39, 0.29) is 0 Å². The Kier molecular flexibility index (Phi) is 4.57. The quantitative estimate of drug-likeness (QED) is 0.688. The number of halogens is 2. The molecule has 1 heterocycles. The summed E-state index contributed by atoms with van der Waals surface area (Å²) in [4.78, 5) is 14.8. The molecule has 5 nitrogen and oxygen atoms in total. The summed E-state index contributed by atoms with van der Waals surface area (Å²) in [6, 6.07) is -0.578. The molecule has 0 saturated heterocycles. The average Bonchev–Trinajstić information content (AvgIpc) is 2.44. The van der Waals surface area contributed by atoms with Crippen molar-refractivity contribution in [3.8, 4) is 0 Å². The number of rotatable bonds is 4. The maximum Gasteiger partial charge on any atom is 0.234 e. The van der Waals surface area contributed by atoms with E-state index in [1.807, 2.05) is 4.57 Å². The molecule has 1 aromatic heterocycles. The summed E-state index contributed by atoms with van der Waals surface area (Å²) >= 11 is 4.35. The summed E-state index contributed by atoms with van der Waals surface area (Å²) in [6.45, 7) is 0.665. The van der Waals surface area contributed by atoms with Gasteiger partial charge in [-0.05, 0) is 51.6 Å². The Morgan fingerprint density at radius 2 is 2.29 bits per heavy atom. The summed E-state index contributed by atoms with van der Waals surface area (Å²) in [5.41, 5.74) is 10.6. The molecule has 0 saturated carbocycles. The fourth-order valence-corrected chi connectivity index (χ4v) is 1.86. The molecular formula is C7H10I2N4O. The summed E-state index contributed by atoms with van der Waals surface area (Å²) in [6.07, 6.45) is 2.27. The maximum absolute atomic E-state index is 10.7. The molecule has 0 aliphatic rings. The first-order valence-electron chi connectivity index (χ1n) is 3.93. The molecule has 1 rings (SSSR count). The van der Waals surface area contributed by atoms with Crippen molar-refractivity contribution in [3.63, 3.8) is 0 Å². The van der Waals surface area contributed by atoms with Gasteiger partial charge in [0.25, 0.3) is 0 Å². The maximum atomic E-state index is 10.7. The molecule has 0 radical (unpaired) electrons. The van der Waals surface area contributed by atoms with Crippen LogP contribution in [0.2, 0.25) is 0 Å². The van der Waals surface area contributed by atoms with E-state index in [1.165, 1.54) is 0 Å². The van der Waals surface area contributed by atoms with E-state index < -0.39 is 11.9 Å². The van der Waals surface area contributed by atoms with E-state index in [9.17, 15) is 4.79 Å². The molecule has 0 bridgehead atoms. The van der Waals surface area contributed by atoms with E-state index in [0.717, 1.165) is 7.40 Å². The van der Waals surface area contributed by atoms with E-state index >= 15 is 0 Å². The standard InChI is InChI=1S/C7H10I2N4O/c8-5-6(9)13(3-12-5)2-1-4(10)7(11)14/h3-4H,1-2,10H2,(H2,11,14). The van der Waals surface area contributed by atoms with Gasteiger partial charge in [0, 0.05) is 6.54 Å². The van der Waals surface area contributed by atoms with Crippen LogP contribution in [-0.2, 0) is 11.3 Å². The van der Waals surface area contributed by atoms with Crippen molar-refractivity contribution in [2.75, 3.05) is 0 Å². The minimum Gasteiger partial charge on any atom is -0.368 e. The molecule has 0 fully saturated rings. The number of aryl methyl sites for hydroxylation is 1. The molecule has 78 valence electrons. The van der Waals surface area contributed by atoms with Crippen LogP contribution < -0.4 is 11.5 Å². The second kappa shape index (κ2) is 5.26. The predicted octanol–water partition coefficient (Wildman–Crippen LogP) is 0.295. The zero-order chi connectivity index (χ0) is 10.7. The molecule has 0 aliphatic carbocycles. The third-order valence-electron chi connectivity index (χ3n) is 1.78. The Bertz CT molecular complexity index is 338. The van der Waals surface area contributed by atoms with E-state index in [0.29, 0.717) is 13.0 Å². The van der Waals surface area contributed by atoms with Crippen molar-refractivity contribution < 1.29 is 4.79 Å². The third-order valence-corrected chi connectivity index (χ3v) is 4.73. The first kappa shape index (κ1) is 12.2. The predicted molar refractivity (Wildman–Crippen MR) is 69.4 cm³/mol. The highest BCUT2D eigenvalue weighted by atomic mass is 127. The van der Waals surface area contributed by atoms with Crippen molar-refractivity contribution in [2.45, 2.75) is 19.0 Å². The number of hydrogen-bond acceptors (Lipinski definition) is 3. The van der Waals surface area contributed by atoms with Crippen LogP contribution in [0.3, 0.4) is 0 Å². The lowest BCUT2D eigenvalue weighted by molar-refractivity contribution is -0.119. The fourth-order valence-electron chi connectivity index (χ4n) is 0.919. The van der Waals surface area contributed by atoms with Crippen LogP contribution in [0.25, 0.3) is 0 Å². The van der Waals surface area contributed by atoms with E-state index in [4.69, 9.17) is 11.5 Å². The Labute approximate surface area is 109 Å². The van der Waals surface area contributed by atoms with E-state index in [2.05, 4.69) is 50.2 Å². The number of nitrogens with two attached hydrogens (primary N) is 2. The SMILES string of the molecule is NC(=O)C(N)CCn1cnc(I)c1I. The topological polar surface area (TPSA) is 86.9 Å². The summed E-state index contributed by atoms with van der Waals surface area (Å²) in [5.74, 6) is -0.463. The number of primary amides is 1. The molecule has 1 atom stereocenters. The molecular weight excluding hydrogens is 410 g/mol. The van der Waals surface area contributed by atoms with Gasteiger partial charge in [-0.1, -0.05) is 0 Å². The number of hydrogen-bond donors (Lipinski definition) is 2. The lowest BCUT2D eigenvalue weighted by atomic mass is 10.2. The minimum atomic E-state index is -0.578. The van der Waals surface area contributed by atoms with Crippen molar-refractivity contribution in [3.05, 3.63) is 13.7 Å². The van der Waals surface area contributed by atoms with Crippen LogP contribution in [-0.4, -0.2) is 21.5 Å². The van der Waals surface area contributed by atoms with Crippen molar-refractivity contribution >= 4 is 51.1 Å². The van der Waals surface area contributed by atoms with Gasteiger partial charge in [0.15, 0.2) is 0 Å². The molecule has 0 spiro atoms. The fraction of sp³-hybridized carbons (Fsp3) is 0.429. The molecule has 0 aliphatic heterocycles. The Hall–Kier alpha value is 0.100. The van der Waals surface area contributed by atoms with Crippen LogP contribution in [0.4, 0.5) is 0 Å². The van der Waals surface area contributed by atoms with Crippen molar-refractivity contribution in [1.82, 2.24) is 9.55 Å². The second-order valence-electron chi connectivity index (χ2n) is 2.82. The largest absolute Gasteiger partial charge is 0.368 e. The van der Waals surface area contributed by atoms with Crippen molar-refractivity contribution in [2.24, 2.45) is 11.5 Å². The summed E-state index contributed by atoms with van der Waals surface area (Å²) in [5, 5.41) is 0. The summed E-state index contributed by atoms with van der Waals surface area (Å²) < 4.78 is 3.96. The van der Waals surface area contributed by atoms with Gasteiger partial charge < -0.3 is 16.0 Å². The lowest BCUT2D eigenvalue weighted by Gasteiger charge is -2.08. The normalized spacial score (nSPS) is 12.8. The van der Waals surface area contributed by atoms with Gasteiger partial charge in [-0.2, -0.15) is 0 Å². The van der Waals surface area contributed by atoms with Gasteiger partial charge in [0.05, 0.1) is 12.4 Å². The van der Waals surface area contributed by atoms with E-state index in [1.54, 1.807) is 6.33 Å². The van der Waals surface area contributed by atoms with Gasteiger partial charge in [-0.15, -0.1) is 0 Å². The van der Waals surface area contributed by atoms with Crippen LogP contribution >= 0.6 is 45.2 Å². The second-order valence-corrected chi connectivity index (χ2v) is 4.86. The zero-order valence-electron chi connectivity index (χ0n) is 7.28. The number of nitrogens with zero attached hydrogens (tertiary/aromatic N) is 2. The van der Waals surface area contributed by atoms with Crippen LogP contribution in [0.5, 0.6) is 0 Å². The number of imidazole rings is 1. The van der Waals surface area contributed by atoms with Gasteiger partial charge in [0.2, 0.25) is 5.91 Å². The number of carbonyl (C=O) groups excluding carboxylic acids is 1. The Morgan fingerprint density at radius 1 is 1.64 bits per heavy atom. The smallest absolute Gasteiger partial charge is 0.234 e. The van der Waals surface area contributed by atoms with Gasteiger partial charge in [-0.3, -0.25) is 4.79 Å². The zero-order valence-corrected chi connectivity index (χ0v) is 11.6. The molecule has 4 N–H and O–H groups in total. The van der Waals surface area contributed by atoms with Crippen molar-refractivity contribution in [1.29, 1.82) is 0 Å². The van der Waals surface area contributed by atoms with Gasteiger partial charge in [0.1, 0.15) is 7.40 Å². The highest BCUT2D eigenvalue weighted by Gasteiger charge is 2.10. The van der Waals surface area contributed by atoms with Gasteiger partial charge in [-0.25, -0.2) is 4.98 Å². The minimum absolute atomic E-state index is 0.463. The van der Waals surface area contributed by atoms with Gasteiger partial charge >= 0.3 is 0 Å². The number of aromatic nitrogens is 2. The molecule has 14 heavy (non-hydrogen) atoms. The Balaban J connectivity index is 2.54. The first-order valence-corrected chi connectivity index (χ1v) is 6.09. The highest BCUT2D eigenvalue weighted by molar-refractivity contribution is 14.1. The molecule has 1 aromatic rings. The third kappa shape index (κ3) is 3.05. The monoisotopic (exact) mass is 420 g/mol. The molecule has 1 amide bonds. The average molecular weight is 420 g/mol. The van der Waals surface area contributed by atoms with Crippen LogP contribution in [0.1, 0.15) is 6.42 Å². The highest BCUT2D eigenvalue weighted by Crippen LogP contribution is 2.13. The lowest BCUT2D eigenvalue weighted by Crippen LogP contribution is -2.37. The molecule has 7 heteroatoms. The number of carbonyl (C=O) groups is 1.